The fraction of sp³-hybridized carbons (Fsp3) is 0.733. The Morgan fingerprint density at radius 2 is 1.70 bits per heavy atom. The van der Waals surface area contributed by atoms with Crippen molar-refractivity contribution in [3.8, 4) is 0 Å². The number of aromatic nitrogens is 2. The molecule has 0 fully saturated rings. The molecule has 1 aromatic rings. The molecule has 4 nitrogen and oxygen atoms in total. The Kier molecular flexibility index (Phi) is 6.68. The SMILES string of the molecule is CNc1ncc(F)c(N(CCC(C)C)CCC(C)C)n1. The van der Waals surface area contributed by atoms with Gasteiger partial charge in [-0.2, -0.15) is 4.98 Å². The van der Waals surface area contributed by atoms with Crippen LogP contribution in [0.3, 0.4) is 0 Å². The molecule has 0 aliphatic carbocycles. The van der Waals surface area contributed by atoms with Crippen LogP contribution in [0.25, 0.3) is 0 Å². The number of hydrogen-bond donors (Lipinski definition) is 1. The van der Waals surface area contributed by atoms with E-state index in [2.05, 4.69) is 43.0 Å². The molecule has 0 radical (unpaired) electrons. The number of halogens is 1. The molecule has 1 aromatic heterocycles. The number of anilines is 2. The molecule has 1 N–H and O–H groups in total. The first-order valence-corrected chi connectivity index (χ1v) is 7.39. The highest BCUT2D eigenvalue weighted by molar-refractivity contribution is 5.43. The molecule has 0 saturated carbocycles. The summed E-state index contributed by atoms with van der Waals surface area (Å²) in [5.41, 5.74) is 0. The van der Waals surface area contributed by atoms with E-state index >= 15 is 0 Å². The van der Waals surface area contributed by atoms with Crippen LogP contribution in [0.4, 0.5) is 16.2 Å². The first kappa shape index (κ1) is 16.7. The van der Waals surface area contributed by atoms with Gasteiger partial charge in [0.05, 0.1) is 6.20 Å². The lowest BCUT2D eigenvalue weighted by molar-refractivity contribution is 0.521. The average molecular weight is 282 g/mol. The third-order valence-corrected chi connectivity index (χ3v) is 3.20. The quantitative estimate of drug-likeness (QED) is 0.791. The molecule has 20 heavy (non-hydrogen) atoms. The van der Waals surface area contributed by atoms with E-state index in [-0.39, 0.29) is 5.82 Å². The third-order valence-electron chi connectivity index (χ3n) is 3.20. The van der Waals surface area contributed by atoms with Crippen LogP contribution in [0, 0.1) is 17.7 Å². The predicted octanol–water partition coefficient (Wildman–Crippen LogP) is 3.56. The summed E-state index contributed by atoms with van der Waals surface area (Å²) in [5, 5.41) is 2.86. The molecule has 114 valence electrons. The Hall–Kier alpha value is -1.39. The van der Waals surface area contributed by atoms with Gasteiger partial charge in [-0.3, -0.25) is 0 Å². The van der Waals surface area contributed by atoms with Crippen LogP contribution in [-0.4, -0.2) is 30.1 Å². The standard InChI is InChI=1S/C15H27FN4/c1-11(2)6-8-20(9-7-12(3)4)14-13(16)10-18-15(17-5)19-14/h10-12H,6-9H2,1-5H3,(H,17,18,19). The molecule has 1 rings (SSSR count). The molecule has 0 unspecified atom stereocenters. The van der Waals surface area contributed by atoms with E-state index in [1.165, 1.54) is 6.20 Å². The lowest BCUT2D eigenvalue weighted by Crippen LogP contribution is -2.29. The van der Waals surface area contributed by atoms with E-state index in [1.807, 2.05) is 4.90 Å². The van der Waals surface area contributed by atoms with Crippen molar-refractivity contribution in [2.24, 2.45) is 11.8 Å². The van der Waals surface area contributed by atoms with Gasteiger partial charge in [-0.15, -0.1) is 0 Å². The van der Waals surface area contributed by atoms with Crippen molar-refractivity contribution in [2.45, 2.75) is 40.5 Å². The van der Waals surface area contributed by atoms with E-state index in [4.69, 9.17) is 0 Å². The number of rotatable bonds is 8. The predicted molar refractivity (Wildman–Crippen MR) is 82.7 cm³/mol. The zero-order valence-electron chi connectivity index (χ0n) is 13.3. The van der Waals surface area contributed by atoms with Gasteiger partial charge in [-0.1, -0.05) is 27.7 Å². The van der Waals surface area contributed by atoms with Gasteiger partial charge in [0.1, 0.15) is 0 Å². The van der Waals surface area contributed by atoms with Crippen LogP contribution in [-0.2, 0) is 0 Å². The molecule has 0 spiro atoms. The highest BCUT2D eigenvalue weighted by Gasteiger charge is 2.15. The number of hydrogen-bond acceptors (Lipinski definition) is 4. The van der Waals surface area contributed by atoms with Gasteiger partial charge in [0.2, 0.25) is 5.95 Å². The number of nitrogens with zero attached hydrogens (tertiary/aromatic N) is 3. The van der Waals surface area contributed by atoms with Crippen LogP contribution in [0.5, 0.6) is 0 Å². The maximum absolute atomic E-state index is 14.0. The minimum atomic E-state index is -0.350. The Morgan fingerprint density at radius 1 is 1.15 bits per heavy atom. The minimum Gasteiger partial charge on any atom is -0.357 e. The van der Waals surface area contributed by atoms with Crippen LogP contribution in [0.2, 0.25) is 0 Å². The second kappa shape index (κ2) is 8.02. The summed E-state index contributed by atoms with van der Waals surface area (Å²) in [6.45, 7) is 10.3. The molecule has 0 saturated heterocycles. The highest BCUT2D eigenvalue weighted by atomic mass is 19.1. The van der Waals surface area contributed by atoms with Gasteiger partial charge in [-0.25, -0.2) is 9.37 Å². The van der Waals surface area contributed by atoms with Gasteiger partial charge in [0.25, 0.3) is 0 Å². The summed E-state index contributed by atoms with van der Waals surface area (Å²) in [4.78, 5) is 10.2. The third kappa shape index (κ3) is 5.31. The first-order valence-electron chi connectivity index (χ1n) is 7.39. The Morgan fingerprint density at radius 3 is 2.15 bits per heavy atom. The molecule has 1 heterocycles. The van der Waals surface area contributed by atoms with E-state index in [1.54, 1.807) is 7.05 Å². The van der Waals surface area contributed by atoms with Crippen molar-refractivity contribution in [3.05, 3.63) is 12.0 Å². The van der Waals surface area contributed by atoms with Gasteiger partial charge < -0.3 is 10.2 Å². The lowest BCUT2D eigenvalue weighted by atomic mass is 10.1. The zero-order valence-corrected chi connectivity index (χ0v) is 13.3. The molecular weight excluding hydrogens is 255 g/mol. The van der Waals surface area contributed by atoms with Gasteiger partial charge in [0, 0.05) is 20.1 Å². The van der Waals surface area contributed by atoms with E-state index in [9.17, 15) is 4.39 Å². The lowest BCUT2D eigenvalue weighted by Gasteiger charge is -2.26. The summed E-state index contributed by atoms with van der Waals surface area (Å²) < 4.78 is 14.0. The highest BCUT2D eigenvalue weighted by Crippen LogP contribution is 2.20. The van der Waals surface area contributed by atoms with Crippen molar-refractivity contribution < 1.29 is 4.39 Å². The van der Waals surface area contributed by atoms with Crippen LogP contribution >= 0.6 is 0 Å². The molecule has 0 aromatic carbocycles. The van der Waals surface area contributed by atoms with Crippen LogP contribution in [0.15, 0.2) is 6.20 Å². The summed E-state index contributed by atoms with van der Waals surface area (Å²) in [6.07, 6.45) is 3.29. The van der Waals surface area contributed by atoms with Gasteiger partial charge in [0.15, 0.2) is 11.6 Å². The first-order chi connectivity index (χ1) is 9.43. The van der Waals surface area contributed by atoms with Crippen molar-refractivity contribution in [1.82, 2.24) is 9.97 Å². The van der Waals surface area contributed by atoms with Crippen molar-refractivity contribution >= 4 is 11.8 Å². The largest absolute Gasteiger partial charge is 0.357 e. The van der Waals surface area contributed by atoms with E-state index < -0.39 is 0 Å². The topological polar surface area (TPSA) is 41.1 Å². The molecule has 0 atom stereocenters. The van der Waals surface area contributed by atoms with Crippen LogP contribution in [0.1, 0.15) is 40.5 Å². The molecule has 5 heteroatoms. The Balaban J connectivity index is 2.89. The monoisotopic (exact) mass is 282 g/mol. The van der Waals surface area contributed by atoms with E-state index in [0.29, 0.717) is 23.6 Å². The summed E-state index contributed by atoms with van der Waals surface area (Å²) in [5.74, 6) is 1.69. The fourth-order valence-electron chi connectivity index (χ4n) is 1.85. The fourth-order valence-corrected chi connectivity index (χ4v) is 1.85. The number of nitrogens with one attached hydrogen (secondary N) is 1. The zero-order chi connectivity index (χ0) is 15.1. The molecule has 0 amide bonds. The normalized spacial score (nSPS) is 11.2. The summed E-state index contributed by atoms with van der Waals surface area (Å²) >= 11 is 0. The maximum atomic E-state index is 14.0. The molecule has 0 bridgehead atoms. The average Bonchev–Trinajstić information content (AvgIpc) is 2.39. The molecular formula is C15H27FN4. The Labute approximate surface area is 121 Å². The van der Waals surface area contributed by atoms with E-state index in [0.717, 1.165) is 25.9 Å². The summed E-state index contributed by atoms with van der Waals surface area (Å²) in [7, 11) is 1.74. The molecule has 0 aliphatic heterocycles. The maximum Gasteiger partial charge on any atom is 0.224 e. The van der Waals surface area contributed by atoms with Crippen molar-refractivity contribution in [2.75, 3.05) is 30.4 Å². The van der Waals surface area contributed by atoms with Crippen LogP contribution < -0.4 is 10.2 Å². The van der Waals surface area contributed by atoms with Crippen molar-refractivity contribution in [3.63, 3.8) is 0 Å². The van der Waals surface area contributed by atoms with Crippen molar-refractivity contribution in [1.29, 1.82) is 0 Å². The minimum absolute atomic E-state index is 0.350. The van der Waals surface area contributed by atoms with Gasteiger partial charge in [-0.05, 0) is 24.7 Å². The summed E-state index contributed by atoms with van der Waals surface area (Å²) in [6, 6.07) is 0. The molecule has 0 aliphatic rings. The second-order valence-electron chi connectivity index (χ2n) is 5.97. The van der Waals surface area contributed by atoms with Gasteiger partial charge >= 0.3 is 0 Å². The Bertz CT molecular complexity index is 395. The smallest absolute Gasteiger partial charge is 0.224 e. The second-order valence-corrected chi connectivity index (χ2v) is 5.97.